The lowest BCUT2D eigenvalue weighted by atomic mass is 9.75. The van der Waals surface area contributed by atoms with Crippen LogP contribution in [0.15, 0.2) is 71.1 Å². The van der Waals surface area contributed by atoms with E-state index in [4.69, 9.17) is 9.47 Å². The molecule has 1 unspecified atom stereocenters. The predicted molar refractivity (Wildman–Crippen MR) is 114 cm³/mol. The van der Waals surface area contributed by atoms with Crippen molar-refractivity contribution in [3.63, 3.8) is 0 Å². The maximum atomic E-state index is 14.0. The van der Waals surface area contributed by atoms with Crippen molar-refractivity contribution in [2.45, 2.75) is 38.7 Å². The number of nitrogens with one attached hydrogen (secondary N) is 1. The molecule has 1 atom stereocenters. The number of rotatable bonds is 5. The molecule has 2 aromatic rings. The van der Waals surface area contributed by atoms with E-state index in [1.165, 1.54) is 12.1 Å². The molecular weight excluding hydrogens is 397 g/mol. The molecule has 1 N–H and O–H groups in total. The van der Waals surface area contributed by atoms with Gasteiger partial charge in [-0.05, 0) is 55.2 Å². The maximum absolute atomic E-state index is 14.0. The van der Waals surface area contributed by atoms with Gasteiger partial charge in [0.1, 0.15) is 18.2 Å². The topological polar surface area (TPSA) is 64.6 Å². The van der Waals surface area contributed by atoms with Gasteiger partial charge in [-0.2, -0.15) is 0 Å². The molecule has 0 aromatic heterocycles. The summed E-state index contributed by atoms with van der Waals surface area (Å²) in [6.07, 6.45) is 1.89. The van der Waals surface area contributed by atoms with E-state index in [0.29, 0.717) is 34.6 Å². The highest BCUT2D eigenvalue weighted by Gasteiger charge is 2.39. The van der Waals surface area contributed by atoms with Crippen LogP contribution in [-0.4, -0.2) is 18.9 Å². The molecule has 2 aromatic carbocycles. The van der Waals surface area contributed by atoms with Gasteiger partial charge in [-0.1, -0.05) is 24.3 Å². The van der Waals surface area contributed by atoms with E-state index in [1.54, 1.807) is 38.3 Å². The number of ether oxygens (including phenoxy) is 2. The van der Waals surface area contributed by atoms with Gasteiger partial charge in [0.05, 0.1) is 12.7 Å². The Morgan fingerprint density at radius 1 is 1.16 bits per heavy atom. The molecule has 2 aliphatic rings. The van der Waals surface area contributed by atoms with Crippen molar-refractivity contribution in [2.75, 3.05) is 7.11 Å². The van der Waals surface area contributed by atoms with Crippen molar-refractivity contribution in [1.29, 1.82) is 0 Å². The summed E-state index contributed by atoms with van der Waals surface area (Å²) in [5, 5.41) is 3.23. The third-order valence-corrected chi connectivity index (χ3v) is 5.71. The molecule has 31 heavy (non-hydrogen) atoms. The van der Waals surface area contributed by atoms with E-state index in [0.717, 1.165) is 24.1 Å². The highest BCUT2D eigenvalue weighted by atomic mass is 19.1. The summed E-state index contributed by atoms with van der Waals surface area (Å²) in [5.41, 5.74) is 3.70. The minimum absolute atomic E-state index is 0.0176. The number of dihydropyridines is 1. The zero-order chi connectivity index (χ0) is 22.0. The number of methoxy groups -OCH3 is 1. The fourth-order valence-electron chi connectivity index (χ4n) is 4.22. The number of carbonyl (C=O) groups excluding carboxylic acids is 2. The normalized spacial score (nSPS) is 18.4. The molecule has 1 aliphatic heterocycles. The van der Waals surface area contributed by atoms with Gasteiger partial charge in [-0.25, -0.2) is 9.18 Å². The number of halogens is 1. The zero-order valence-corrected chi connectivity index (χ0v) is 17.5. The number of hydrogen-bond acceptors (Lipinski definition) is 5. The highest BCUT2D eigenvalue weighted by molar-refractivity contribution is 6.03. The SMILES string of the molecule is COc1ccc(COC(=O)C2=C(C)NC3=C(C(=O)CCC3)C2c2cccc(F)c2)cc1. The molecule has 0 saturated heterocycles. The van der Waals surface area contributed by atoms with Crippen molar-refractivity contribution < 1.29 is 23.5 Å². The molecule has 0 saturated carbocycles. The Hall–Kier alpha value is -3.41. The number of ketones is 1. The van der Waals surface area contributed by atoms with Gasteiger partial charge >= 0.3 is 5.97 Å². The van der Waals surface area contributed by atoms with Gasteiger partial charge in [-0.3, -0.25) is 4.79 Å². The molecule has 0 spiro atoms. The van der Waals surface area contributed by atoms with E-state index in [-0.39, 0.29) is 12.4 Å². The quantitative estimate of drug-likeness (QED) is 0.718. The summed E-state index contributed by atoms with van der Waals surface area (Å²) in [6, 6.07) is 13.3. The van der Waals surface area contributed by atoms with E-state index < -0.39 is 17.7 Å². The Kier molecular flexibility index (Phi) is 5.89. The van der Waals surface area contributed by atoms with Crippen LogP contribution in [0.25, 0.3) is 0 Å². The van der Waals surface area contributed by atoms with Crippen LogP contribution in [0, 0.1) is 5.82 Å². The van der Waals surface area contributed by atoms with Gasteiger partial charge in [0.2, 0.25) is 0 Å². The Balaban J connectivity index is 1.66. The monoisotopic (exact) mass is 421 g/mol. The molecule has 160 valence electrons. The lowest BCUT2D eigenvalue weighted by Gasteiger charge is -2.34. The first-order valence-corrected chi connectivity index (χ1v) is 10.3. The van der Waals surface area contributed by atoms with E-state index in [9.17, 15) is 14.0 Å². The van der Waals surface area contributed by atoms with Crippen molar-refractivity contribution in [3.05, 3.63) is 88.0 Å². The third kappa shape index (κ3) is 4.24. The molecule has 1 aliphatic carbocycles. The van der Waals surface area contributed by atoms with Crippen LogP contribution in [0.3, 0.4) is 0 Å². The number of benzene rings is 2. The van der Waals surface area contributed by atoms with Crippen molar-refractivity contribution in [3.8, 4) is 5.75 Å². The first kappa shape index (κ1) is 20.8. The standard InChI is InChI=1S/C25H24FNO4/c1-15-22(25(29)31-14-16-9-11-19(30-2)12-10-16)23(17-5-3-6-18(26)13-17)24-20(27-15)7-4-8-21(24)28/h3,5-6,9-13,23,27H,4,7-8,14H2,1-2H3. The van der Waals surface area contributed by atoms with Crippen molar-refractivity contribution >= 4 is 11.8 Å². The van der Waals surface area contributed by atoms with Gasteiger partial charge in [-0.15, -0.1) is 0 Å². The van der Waals surface area contributed by atoms with Crippen LogP contribution in [-0.2, 0) is 20.9 Å². The number of hydrogen-bond donors (Lipinski definition) is 1. The molecule has 6 heteroatoms. The molecule has 4 rings (SSSR count). The van der Waals surface area contributed by atoms with Crippen molar-refractivity contribution in [1.82, 2.24) is 5.32 Å². The molecule has 0 bridgehead atoms. The van der Waals surface area contributed by atoms with E-state index in [2.05, 4.69) is 5.32 Å². The van der Waals surface area contributed by atoms with Crippen LogP contribution >= 0.6 is 0 Å². The number of Topliss-reactive ketones (excluding diaryl/α,β-unsaturated/α-hetero) is 1. The van der Waals surface area contributed by atoms with Crippen LogP contribution in [0.1, 0.15) is 43.2 Å². The van der Waals surface area contributed by atoms with Crippen LogP contribution in [0.4, 0.5) is 4.39 Å². The Morgan fingerprint density at radius 3 is 2.65 bits per heavy atom. The second kappa shape index (κ2) is 8.76. The van der Waals surface area contributed by atoms with Crippen LogP contribution in [0.2, 0.25) is 0 Å². The number of esters is 1. The zero-order valence-electron chi connectivity index (χ0n) is 17.5. The number of allylic oxidation sites excluding steroid dienone is 3. The van der Waals surface area contributed by atoms with Gasteiger partial charge in [0.25, 0.3) is 0 Å². The minimum atomic E-state index is -0.650. The first-order valence-electron chi connectivity index (χ1n) is 10.3. The third-order valence-electron chi connectivity index (χ3n) is 5.71. The average Bonchev–Trinajstić information content (AvgIpc) is 2.77. The molecule has 1 heterocycles. The Labute approximate surface area is 180 Å². The predicted octanol–water partition coefficient (Wildman–Crippen LogP) is 4.55. The van der Waals surface area contributed by atoms with Gasteiger partial charge in [0.15, 0.2) is 5.78 Å². The number of carbonyl (C=O) groups is 2. The van der Waals surface area contributed by atoms with E-state index >= 15 is 0 Å². The summed E-state index contributed by atoms with van der Waals surface area (Å²) in [4.78, 5) is 26.0. The van der Waals surface area contributed by atoms with Crippen molar-refractivity contribution in [2.24, 2.45) is 0 Å². The largest absolute Gasteiger partial charge is 0.497 e. The molecule has 0 fully saturated rings. The summed E-state index contributed by atoms with van der Waals surface area (Å²) >= 11 is 0. The first-order chi connectivity index (χ1) is 15.0. The molecule has 0 amide bonds. The molecule has 5 nitrogen and oxygen atoms in total. The summed E-state index contributed by atoms with van der Waals surface area (Å²) in [5.74, 6) is -0.893. The van der Waals surface area contributed by atoms with Gasteiger partial charge in [0, 0.05) is 29.3 Å². The summed E-state index contributed by atoms with van der Waals surface area (Å²) in [7, 11) is 1.59. The fourth-order valence-corrected chi connectivity index (χ4v) is 4.22. The lowest BCUT2D eigenvalue weighted by Crippen LogP contribution is -2.34. The van der Waals surface area contributed by atoms with E-state index in [1.807, 2.05) is 12.1 Å². The second-order valence-corrected chi connectivity index (χ2v) is 7.74. The van der Waals surface area contributed by atoms with Crippen LogP contribution < -0.4 is 10.1 Å². The Morgan fingerprint density at radius 2 is 1.94 bits per heavy atom. The van der Waals surface area contributed by atoms with Crippen LogP contribution in [0.5, 0.6) is 5.75 Å². The Bertz CT molecular complexity index is 1080. The highest BCUT2D eigenvalue weighted by Crippen LogP contribution is 2.42. The minimum Gasteiger partial charge on any atom is -0.497 e. The fraction of sp³-hybridized carbons (Fsp3) is 0.280. The summed E-state index contributed by atoms with van der Waals surface area (Å²) in [6.45, 7) is 1.87. The smallest absolute Gasteiger partial charge is 0.337 e. The molecule has 0 radical (unpaired) electrons. The summed E-state index contributed by atoms with van der Waals surface area (Å²) < 4.78 is 24.8. The van der Waals surface area contributed by atoms with Gasteiger partial charge < -0.3 is 14.8 Å². The maximum Gasteiger partial charge on any atom is 0.337 e. The lowest BCUT2D eigenvalue weighted by molar-refractivity contribution is -0.140. The average molecular weight is 421 g/mol. The second-order valence-electron chi connectivity index (χ2n) is 7.74. The molecular formula is C25H24FNO4.